The fraction of sp³-hybridized carbons (Fsp3) is 0.188. The third-order valence-electron chi connectivity index (χ3n) is 3.21. The normalized spacial score (nSPS) is 10.3. The second-order valence-electron chi connectivity index (χ2n) is 4.59. The van der Waals surface area contributed by atoms with Gasteiger partial charge in [-0.15, -0.1) is 0 Å². The summed E-state index contributed by atoms with van der Waals surface area (Å²) in [6, 6.07) is 10.7. The number of ether oxygens (including phenoxy) is 1. The van der Waals surface area contributed by atoms with Crippen molar-refractivity contribution in [2.24, 2.45) is 0 Å². The molecular weight excluding hydrogens is 238 g/mol. The van der Waals surface area contributed by atoms with Gasteiger partial charge in [-0.3, -0.25) is 4.79 Å². The molecule has 2 N–H and O–H groups in total. The maximum atomic E-state index is 12.5. The van der Waals surface area contributed by atoms with Gasteiger partial charge in [-0.1, -0.05) is 12.1 Å². The topological polar surface area (TPSA) is 52.3 Å². The SMILES string of the molecule is COc1cc(C)c(C)cc1C(=O)c1cccc(N)c1. The Morgan fingerprint density at radius 2 is 1.79 bits per heavy atom. The summed E-state index contributed by atoms with van der Waals surface area (Å²) in [5, 5.41) is 0. The summed E-state index contributed by atoms with van der Waals surface area (Å²) in [5.74, 6) is 0.516. The van der Waals surface area contributed by atoms with Crippen molar-refractivity contribution in [3.63, 3.8) is 0 Å². The zero-order valence-electron chi connectivity index (χ0n) is 11.4. The van der Waals surface area contributed by atoms with E-state index in [-0.39, 0.29) is 5.78 Å². The monoisotopic (exact) mass is 255 g/mol. The molecule has 0 saturated heterocycles. The predicted octanol–water partition coefficient (Wildman–Crippen LogP) is 3.13. The smallest absolute Gasteiger partial charge is 0.196 e. The molecule has 0 atom stereocenters. The Balaban J connectivity index is 2.52. The van der Waals surface area contributed by atoms with Crippen molar-refractivity contribution in [1.82, 2.24) is 0 Å². The van der Waals surface area contributed by atoms with Gasteiger partial charge in [0, 0.05) is 11.3 Å². The van der Waals surface area contributed by atoms with Crippen LogP contribution in [0.15, 0.2) is 36.4 Å². The fourth-order valence-electron chi connectivity index (χ4n) is 1.97. The van der Waals surface area contributed by atoms with E-state index >= 15 is 0 Å². The molecule has 0 saturated carbocycles. The maximum absolute atomic E-state index is 12.5. The Morgan fingerprint density at radius 3 is 2.42 bits per heavy atom. The second-order valence-corrected chi connectivity index (χ2v) is 4.59. The zero-order valence-corrected chi connectivity index (χ0v) is 11.4. The molecule has 0 aromatic heterocycles. The number of aryl methyl sites for hydroxylation is 2. The quantitative estimate of drug-likeness (QED) is 0.677. The van der Waals surface area contributed by atoms with Crippen LogP contribution in [0.1, 0.15) is 27.0 Å². The van der Waals surface area contributed by atoms with E-state index in [1.54, 1.807) is 31.4 Å². The Morgan fingerprint density at radius 1 is 1.11 bits per heavy atom. The highest BCUT2D eigenvalue weighted by molar-refractivity contribution is 6.11. The number of methoxy groups -OCH3 is 1. The summed E-state index contributed by atoms with van der Waals surface area (Å²) in [7, 11) is 1.57. The first kappa shape index (κ1) is 13.1. The minimum absolute atomic E-state index is 0.0766. The highest BCUT2D eigenvalue weighted by Gasteiger charge is 2.15. The van der Waals surface area contributed by atoms with Crippen LogP contribution in [0.5, 0.6) is 5.75 Å². The standard InChI is InChI=1S/C16H17NO2/c1-10-7-14(15(19-3)8-11(10)2)16(18)12-5-4-6-13(17)9-12/h4-9H,17H2,1-3H3. The largest absolute Gasteiger partial charge is 0.496 e. The third kappa shape index (κ3) is 2.60. The number of ketones is 1. The van der Waals surface area contributed by atoms with Gasteiger partial charge in [0.2, 0.25) is 0 Å². The van der Waals surface area contributed by atoms with Gasteiger partial charge < -0.3 is 10.5 Å². The lowest BCUT2D eigenvalue weighted by Gasteiger charge is -2.11. The molecule has 0 heterocycles. The fourth-order valence-corrected chi connectivity index (χ4v) is 1.97. The number of hydrogen-bond donors (Lipinski definition) is 1. The van der Waals surface area contributed by atoms with E-state index in [0.717, 1.165) is 11.1 Å². The van der Waals surface area contributed by atoms with Crippen LogP contribution in [0.2, 0.25) is 0 Å². The molecule has 0 aliphatic carbocycles. The Labute approximate surface area is 113 Å². The number of benzene rings is 2. The average Bonchev–Trinajstić information content (AvgIpc) is 2.40. The van der Waals surface area contributed by atoms with Gasteiger partial charge in [0.1, 0.15) is 5.75 Å². The van der Waals surface area contributed by atoms with Crippen molar-refractivity contribution < 1.29 is 9.53 Å². The summed E-state index contributed by atoms with van der Waals surface area (Å²) in [6.07, 6.45) is 0. The molecular formula is C16H17NO2. The van der Waals surface area contributed by atoms with Crippen LogP contribution in [0.25, 0.3) is 0 Å². The molecule has 2 rings (SSSR count). The lowest BCUT2D eigenvalue weighted by atomic mass is 9.98. The summed E-state index contributed by atoms with van der Waals surface area (Å²) in [5.41, 5.74) is 9.59. The lowest BCUT2D eigenvalue weighted by Crippen LogP contribution is -2.05. The van der Waals surface area contributed by atoms with E-state index in [0.29, 0.717) is 22.6 Å². The van der Waals surface area contributed by atoms with Crippen LogP contribution in [0.4, 0.5) is 5.69 Å². The van der Waals surface area contributed by atoms with Gasteiger partial charge in [-0.05, 0) is 49.2 Å². The van der Waals surface area contributed by atoms with Crippen LogP contribution in [0.3, 0.4) is 0 Å². The number of nitrogen functional groups attached to an aromatic ring is 1. The summed E-state index contributed by atoms with van der Waals surface area (Å²) in [6.45, 7) is 3.97. The number of carbonyl (C=O) groups excluding carboxylic acids is 1. The van der Waals surface area contributed by atoms with Crippen molar-refractivity contribution in [2.75, 3.05) is 12.8 Å². The average molecular weight is 255 g/mol. The van der Waals surface area contributed by atoms with Crippen LogP contribution >= 0.6 is 0 Å². The molecule has 0 aliphatic rings. The molecule has 0 aliphatic heterocycles. The highest BCUT2D eigenvalue weighted by Crippen LogP contribution is 2.26. The van der Waals surface area contributed by atoms with E-state index in [4.69, 9.17) is 10.5 Å². The van der Waals surface area contributed by atoms with Gasteiger partial charge in [0.15, 0.2) is 5.78 Å². The Bertz CT molecular complexity index is 633. The van der Waals surface area contributed by atoms with Gasteiger partial charge in [0.05, 0.1) is 12.7 Å². The van der Waals surface area contributed by atoms with E-state index in [9.17, 15) is 4.79 Å². The lowest BCUT2D eigenvalue weighted by molar-refractivity contribution is 0.103. The van der Waals surface area contributed by atoms with Gasteiger partial charge in [-0.25, -0.2) is 0 Å². The molecule has 98 valence electrons. The first-order valence-corrected chi connectivity index (χ1v) is 6.08. The molecule has 19 heavy (non-hydrogen) atoms. The molecule has 2 aromatic carbocycles. The van der Waals surface area contributed by atoms with E-state index in [1.165, 1.54) is 0 Å². The van der Waals surface area contributed by atoms with Gasteiger partial charge >= 0.3 is 0 Å². The van der Waals surface area contributed by atoms with Crippen LogP contribution in [0, 0.1) is 13.8 Å². The molecule has 2 aromatic rings. The first-order chi connectivity index (χ1) is 9.02. The number of rotatable bonds is 3. The van der Waals surface area contributed by atoms with E-state index in [2.05, 4.69) is 0 Å². The van der Waals surface area contributed by atoms with Crippen LogP contribution < -0.4 is 10.5 Å². The summed E-state index contributed by atoms with van der Waals surface area (Å²) >= 11 is 0. The van der Waals surface area contributed by atoms with Gasteiger partial charge in [-0.2, -0.15) is 0 Å². The van der Waals surface area contributed by atoms with Crippen molar-refractivity contribution in [3.05, 3.63) is 58.7 Å². The minimum atomic E-state index is -0.0766. The van der Waals surface area contributed by atoms with Crippen molar-refractivity contribution in [2.45, 2.75) is 13.8 Å². The number of carbonyl (C=O) groups is 1. The zero-order chi connectivity index (χ0) is 14.0. The maximum Gasteiger partial charge on any atom is 0.196 e. The number of anilines is 1. The van der Waals surface area contributed by atoms with Crippen LogP contribution in [-0.4, -0.2) is 12.9 Å². The molecule has 0 fully saturated rings. The molecule has 0 amide bonds. The summed E-state index contributed by atoms with van der Waals surface area (Å²) in [4.78, 5) is 12.5. The Hall–Kier alpha value is -2.29. The van der Waals surface area contributed by atoms with Crippen molar-refractivity contribution in [3.8, 4) is 5.75 Å². The Kier molecular flexibility index (Phi) is 3.56. The van der Waals surface area contributed by atoms with Gasteiger partial charge in [0.25, 0.3) is 0 Å². The molecule has 0 spiro atoms. The highest BCUT2D eigenvalue weighted by atomic mass is 16.5. The minimum Gasteiger partial charge on any atom is -0.496 e. The number of hydrogen-bond acceptors (Lipinski definition) is 3. The van der Waals surface area contributed by atoms with E-state index < -0.39 is 0 Å². The number of nitrogens with two attached hydrogens (primary N) is 1. The third-order valence-corrected chi connectivity index (χ3v) is 3.21. The molecule has 3 nitrogen and oxygen atoms in total. The molecule has 0 radical (unpaired) electrons. The molecule has 3 heteroatoms. The molecule has 0 unspecified atom stereocenters. The first-order valence-electron chi connectivity index (χ1n) is 6.08. The summed E-state index contributed by atoms with van der Waals surface area (Å²) < 4.78 is 5.30. The van der Waals surface area contributed by atoms with E-state index in [1.807, 2.05) is 26.0 Å². The second kappa shape index (κ2) is 5.14. The van der Waals surface area contributed by atoms with Crippen molar-refractivity contribution in [1.29, 1.82) is 0 Å². The van der Waals surface area contributed by atoms with Crippen LogP contribution in [-0.2, 0) is 0 Å². The predicted molar refractivity (Wildman–Crippen MR) is 76.8 cm³/mol. The molecule has 0 bridgehead atoms. The van der Waals surface area contributed by atoms with Crippen molar-refractivity contribution >= 4 is 11.5 Å².